The van der Waals surface area contributed by atoms with Crippen LogP contribution in [0.4, 0.5) is 16.4 Å². The number of methoxy groups -OCH3 is 1. The van der Waals surface area contributed by atoms with Crippen LogP contribution in [0.2, 0.25) is 5.15 Å². The van der Waals surface area contributed by atoms with Gasteiger partial charge in [0.2, 0.25) is 0 Å². The molecule has 0 spiro atoms. The molecule has 222 valence electrons. The Kier molecular flexibility index (Phi) is 9.81. The fourth-order valence-electron chi connectivity index (χ4n) is 4.06. The molecule has 2 aromatic heterocycles. The van der Waals surface area contributed by atoms with Crippen LogP contribution in [-0.2, 0) is 29.2 Å². The van der Waals surface area contributed by atoms with E-state index in [-0.39, 0.29) is 54.6 Å². The predicted molar refractivity (Wildman–Crippen MR) is 153 cm³/mol. The quantitative estimate of drug-likeness (QED) is 0.254. The van der Waals surface area contributed by atoms with E-state index in [1.165, 1.54) is 4.90 Å². The third kappa shape index (κ3) is 7.66. The maximum absolute atomic E-state index is 13.0. The fraction of sp³-hybridized carbons (Fsp3) is 0.462. The number of fused-ring (bicyclic) bond motifs is 1. The standard InChI is InChI=1S/C26H36ClN9O5/c1-7-35-17-12-15(40-6)8-9-16(17)36(14-18(37)30-10-11-34(5)25(39)41-26(2,3)4)19(35)13-31-24(38)20-22(28)33-23(29)21(27)32-20/h8-9,12H,7,10-11,13-14H2,1-6H3,(H5-,28,29,30,31,33,37,38)/p+1. The summed E-state index contributed by atoms with van der Waals surface area (Å²) in [7, 11) is 3.17. The number of hydrogen-bond acceptors (Lipinski definition) is 9. The molecule has 3 amide bonds. The summed E-state index contributed by atoms with van der Waals surface area (Å²) in [6.07, 6.45) is -0.480. The number of benzene rings is 1. The number of likely N-dealkylation sites (N-methyl/N-ethyl adjacent to an activating group) is 1. The van der Waals surface area contributed by atoms with Gasteiger partial charge in [-0.1, -0.05) is 11.6 Å². The van der Waals surface area contributed by atoms with Crippen LogP contribution in [0, 0.1) is 0 Å². The van der Waals surface area contributed by atoms with E-state index in [2.05, 4.69) is 20.6 Å². The summed E-state index contributed by atoms with van der Waals surface area (Å²) < 4.78 is 14.5. The minimum Gasteiger partial charge on any atom is -0.497 e. The van der Waals surface area contributed by atoms with Gasteiger partial charge in [-0.25, -0.2) is 23.9 Å². The van der Waals surface area contributed by atoms with Crippen molar-refractivity contribution in [3.8, 4) is 5.75 Å². The van der Waals surface area contributed by atoms with Crippen molar-refractivity contribution in [1.82, 2.24) is 30.1 Å². The Hall–Kier alpha value is -4.33. The van der Waals surface area contributed by atoms with Crippen molar-refractivity contribution in [2.45, 2.75) is 52.9 Å². The van der Waals surface area contributed by atoms with E-state index < -0.39 is 17.6 Å². The lowest BCUT2D eigenvalue weighted by molar-refractivity contribution is -0.667. The van der Waals surface area contributed by atoms with E-state index in [1.807, 2.05) is 23.6 Å². The molecule has 0 aliphatic rings. The van der Waals surface area contributed by atoms with Gasteiger partial charge in [0.05, 0.1) is 13.7 Å². The minimum absolute atomic E-state index is 0.0292. The van der Waals surface area contributed by atoms with Crippen molar-refractivity contribution in [3.05, 3.63) is 34.9 Å². The summed E-state index contributed by atoms with van der Waals surface area (Å²) in [5, 5.41) is 5.49. The van der Waals surface area contributed by atoms with Crippen LogP contribution in [0.1, 0.15) is 44.0 Å². The number of imidazole rings is 1. The molecule has 0 radical (unpaired) electrons. The number of aromatic nitrogens is 4. The monoisotopic (exact) mass is 590 g/mol. The molecule has 3 rings (SSSR count). The Morgan fingerprint density at radius 3 is 2.49 bits per heavy atom. The SMILES string of the molecule is CCn1c(CNC(=O)c2nc(Cl)c(N)nc2N)[n+](CC(=O)NCCN(C)C(=O)OC(C)(C)C)c2ccc(OC)cc21. The van der Waals surface area contributed by atoms with Gasteiger partial charge in [0.25, 0.3) is 17.6 Å². The molecule has 0 saturated carbocycles. The molecule has 0 bridgehead atoms. The molecular formula is C26H37ClN9O5+. The normalized spacial score (nSPS) is 11.3. The van der Waals surface area contributed by atoms with Crippen molar-refractivity contribution < 1.29 is 28.4 Å². The van der Waals surface area contributed by atoms with Crippen molar-refractivity contribution in [2.24, 2.45) is 0 Å². The van der Waals surface area contributed by atoms with Crippen molar-refractivity contribution in [1.29, 1.82) is 0 Å². The van der Waals surface area contributed by atoms with Crippen molar-refractivity contribution >= 4 is 52.2 Å². The Bertz CT molecular complexity index is 1450. The second-order valence-corrected chi connectivity index (χ2v) is 10.5. The van der Waals surface area contributed by atoms with Crippen LogP contribution in [0.5, 0.6) is 5.75 Å². The van der Waals surface area contributed by atoms with Gasteiger partial charge in [-0.2, -0.15) is 0 Å². The van der Waals surface area contributed by atoms with Crippen LogP contribution in [0.25, 0.3) is 11.0 Å². The topological polar surface area (TPSA) is 184 Å². The largest absolute Gasteiger partial charge is 0.497 e. The molecule has 41 heavy (non-hydrogen) atoms. The molecule has 0 atom stereocenters. The van der Waals surface area contributed by atoms with Gasteiger partial charge in [0.15, 0.2) is 40.1 Å². The molecule has 0 aliphatic carbocycles. The van der Waals surface area contributed by atoms with E-state index in [9.17, 15) is 14.4 Å². The number of rotatable bonds is 10. The van der Waals surface area contributed by atoms with E-state index in [4.69, 9.17) is 32.5 Å². The van der Waals surface area contributed by atoms with Gasteiger partial charge in [-0.15, -0.1) is 0 Å². The summed E-state index contributed by atoms with van der Waals surface area (Å²) in [5.74, 6) is 0.144. The molecule has 0 unspecified atom stereocenters. The lowest BCUT2D eigenvalue weighted by Crippen LogP contribution is -2.48. The first-order valence-corrected chi connectivity index (χ1v) is 13.3. The molecule has 14 nitrogen and oxygen atoms in total. The van der Waals surface area contributed by atoms with Crippen molar-refractivity contribution in [2.75, 3.05) is 38.7 Å². The molecule has 1 aromatic carbocycles. The van der Waals surface area contributed by atoms with Gasteiger partial charge in [0, 0.05) is 26.2 Å². The predicted octanol–water partition coefficient (Wildman–Crippen LogP) is 1.48. The number of hydrogen-bond donors (Lipinski definition) is 4. The second kappa shape index (κ2) is 12.9. The fourth-order valence-corrected chi connectivity index (χ4v) is 4.19. The first-order chi connectivity index (χ1) is 19.2. The number of anilines is 2. The number of nitrogens with zero attached hydrogens (tertiary/aromatic N) is 5. The molecule has 6 N–H and O–H groups in total. The molecular weight excluding hydrogens is 554 g/mol. The maximum Gasteiger partial charge on any atom is 0.410 e. The Morgan fingerprint density at radius 1 is 1.15 bits per heavy atom. The second-order valence-electron chi connectivity index (χ2n) is 10.2. The number of nitrogen functional groups attached to an aromatic ring is 2. The number of halogens is 1. The third-order valence-corrected chi connectivity index (χ3v) is 6.28. The van der Waals surface area contributed by atoms with Gasteiger partial charge in [-0.05, 0) is 39.8 Å². The lowest BCUT2D eigenvalue weighted by atomic mass is 10.2. The highest BCUT2D eigenvalue weighted by Crippen LogP contribution is 2.22. The van der Waals surface area contributed by atoms with Gasteiger partial charge in [-0.3, -0.25) is 9.59 Å². The average molecular weight is 591 g/mol. The number of nitrogens with two attached hydrogens (primary N) is 2. The molecule has 3 aromatic rings. The number of carbonyl (C=O) groups is 3. The van der Waals surface area contributed by atoms with Crippen LogP contribution in [0.15, 0.2) is 18.2 Å². The van der Waals surface area contributed by atoms with E-state index in [1.54, 1.807) is 45.6 Å². The van der Waals surface area contributed by atoms with Gasteiger partial charge >= 0.3 is 6.09 Å². The molecule has 0 saturated heterocycles. The van der Waals surface area contributed by atoms with Crippen LogP contribution in [0.3, 0.4) is 0 Å². The van der Waals surface area contributed by atoms with Gasteiger partial charge in [0.1, 0.15) is 17.9 Å². The summed E-state index contributed by atoms with van der Waals surface area (Å²) in [4.78, 5) is 47.4. The van der Waals surface area contributed by atoms with E-state index in [0.29, 0.717) is 18.1 Å². The zero-order chi connectivity index (χ0) is 30.5. The van der Waals surface area contributed by atoms with E-state index in [0.717, 1.165) is 11.0 Å². The average Bonchev–Trinajstić information content (AvgIpc) is 3.19. The molecule has 0 aliphatic heterocycles. The first kappa shape index (κ1) is 31.2. The van der Waals surface area contributed by atoms with Gasteiger partial charge < -0.3 is 36.5 Å². The minimum atomic E-state index is -0.619. The zero-order valence-electron chi connectivity index (χ0n) is 24.1. The Labute approximate surface area is 242 Å². The number of amides is 3. The van der Waals surface area contributed by atoms with Crippen molar-refractivity contribution in [3.63, 3.8) is 0 Å². The molecule has 0 fully saturated rings. The summed E-state index contributed by atoms with van der Waals surface area (Å²) >= 11 is 5.94. The molecule has 15 heteroatoms. The zero-order valence-corrected chi connectivity index (χ0v) is 24.8. The highest BCUT2D eigenvalue weighted by molar-refractivity contribution is 6.31. The molecule has 2 heterocycles. The first-order valence-electron chi connectivity index (χ1n) is 12.9. The number of aryl methyl sites for hydroxylation is 1. The number of carbonyl (C=O) groups excluding carboxylic acids is 3. The van der Waals surface area contributed by atoms with Crippen LogP contribution >= 0.6 is 11.6 Å². The highest BCUT2D eigenvalue weighted by Gasteiger charge is 2.28. The summed E-state index contributed by atoms with van der Waals surface area (Å²) in [6.45, 7) is 8.30. The number of nitrogens with one attached hydrogen (secondary N) is 2. The lowest BCUT2D eigenvalue weighted by Gasteiger charge is -2.24. The Morgan fingerprint density at radius 2 is 1.85 bits per heavy atom. The van der Waals surface area contributed by atoms with Crippen LogP contribution < -0.4 is 31.4 Å². The van der Waals surface area contributed by atoms with Crippen LogP contribution in [-0.4, -0.2) is 70.2 Å². The third-order valence-electron chi connectivity index (χ3n) is 6.01. The Balaban J connectivity index is 1.82. The number of ether oxygens (including phenoxy) is 2. The summed E-state index contributed by atoms with van der Waals surface area (Å²) in [5.41, 5.74) is 12.2. The summed E-state index contributed by atoms with van der Waals surface area (Å²) in [6, 6.07) is 5.50. The van der Waals surface area contributed by atoms with E-state index >= 15 is 0 Å². The smallest absolute Gasteiger partial charge is 0.410 e. The maximum atomic E-state index is 13.0. The highest BCUT2D eigenvalue weighted by atomic mass is 35.5.